The molecule has 0 aliphatic carbocycles. The molecule has 0 saturated heterocycles. The molecule has 1 amide bonds. The van der Waals surface area contributed by atoms with Gasteiger partial charge >= 0.3 is 0 Å². The molecule has 0 saturated carbocycles. The summed E-state index contributed by atoms with van der Waals surface area (Å²) < 4.78 is 13.6. The molecule has 0 aliphatic heterocycles. The van der Waals surface area contributed by atoms with Crippen LogP contribution in [0, 0.1) is 12.7 Å². The van der Waals surface area contributed by atoms with Gasteiger partial charge < -0.3 is 11.1 Å². The van der Waals surface area contributed by atoms with Crippen molar-refractivity contribution < 1.29 is 9.18 Å². The summed E-state index contributed by atoms with van der Waals surface area (Å²) in [5, 5.41) is 2.74. The summed E-state index contributed by atoms with van der Waals surface area (Å²) in [5.41, 5.74) is 7.38. The van der Waals surface area contributed by atoms with Crippen molar-refractivity contribution in [1.82, 2.24) is 0 Å². The van der Waals surface area contributed by atoms with Gasteiger partial charge in [0.1, 0.15) is 5.82 Å². The van der Waals surface area contributed by atoms with Crippen molar-refractivity contribution in [3.8, 4) is 0 Å². The largest absolute Gasteiger partial charge is 0.398 e. The topological polar surface area (TPSA) is 55.1 Å². The lowest BCUT2D eigenvalue weighted by atomic mass is 10.1. The van der Waals surface area contributed by atoms with Crippen molar-refractivity contribution in [3.63, 3.8) is 0 Å². The van der Waals surface area contributed by atoms with Gasteiger partial charge in [-0.05, 0) is 36.8 Å². The fourth-order valence-corrected chi connectivity index (χ4v) is 1.82. The fourth-order valence-electron chi connectivity index (χ4n) is 1.66. The fraction of sp³-hybridized carbons (Fsp3) is 0.0714. The number of nitrogens with two attached hydrogens (primary N) is 1. The minimum absolute atomic E-state index is 0.0651. The normalized spacial score (nSPS) is 10.3. The Morgan fingerprint density at radius 2 is 2.05 bits per heavy atom. The molecular formula is C14H12ClFN2O. The second-order valence-corrected chi connectivity index (χ2v) is 4.55. The first-order valence-corrected chi connectivity index (χ1v) is 5.98. The predicted molar refractivity (Wildman–Crippen MR) is 75.0 cm³/mol. The van der Waals surface area contributed by atoms with Crippen LogP contribution in [0.5, 0.6) is 0 Å². The number of aryl methyl sites for hydroxylation is 1. The average molecular weight is 279 g/mol. The van der Waals surface area contributed by atoms with E-state index < -0.39 is 11.7 Å². The summed E-state index contributed by atoms with van der Waals surface area (Å²) in [7, 11) is 0. The first-order chi connectivity index (χ1) is 8.99. The summed E-state index contributed by atoms with van der Waals surface area (Å²) in [4.78, 5) is 12.0. The molecule has 0 radical (unpaired) electrons. The van der Waals surface area contributed by atoms with Crippen molar-refractivity contribution in [1.29, 1.82) is 0 Å². The Labute approximate surface area is 115 Å². The molecule has 19 heavy (non-hydrogen) atoms. The van der Waals surface area contributed by atoms with Crippen molar-refractivity contribution in [2.45, 2.75) is 6.92 Å². The van der Waals surface area contributed by atoms with E-state index in [9.17, 15) is 9.18 Å². The first kappa shape index (κ1) is 13.4. The van der Waals surface area contributed by atoms with E-state index in [1.54, 1.807) is 25.1 Å². The van der Waals surface area contributed by atoms with Gasteiger partial charge in [0, 0.05) is 10.7 Å². The summed E-state index contributed by atoms with van der Waals surface area (Å²) in [6.45, 7) is 1.80. The smallest absolute Gasteiger partial charge is 0.257 e. The zero-order valence-electron chi connectivity index (χ0n) is 10.2. The number of nitrogens with one attached hydrogen (secondary N) is 1. The third kappa shape index (κ3) is 2.85. The lowest BCUT2D eigenvalue weighted by Crippen LogP contribution is -2.15. The summed E-state index contributed by atoms with van der Waals surface area (Å²) in [6.07, 6.45) is 0. The summed E-state index contributed by atoms with van der Waals surface area (Å²) >= 11 is 5.64. The van der Waals surface area contributed by atoms with Crippen LogP contribution in [0.25, 0.3) is 0 Å². The molecule has 2 aromatic rings. The molecule has 0 bridgehead atoms. The third-order valence-corrected chi connectivity index (χ3v) is 2.98. The zero-order valence-corrected chi connectivity index (χ0v) is 11.0. The molecule has 0 heterocycles. The highest BCUT2D eigenvalue weighted by molar-refractivity contribution is 6.30. The number of nitrogen functional groups attached to an aromatic ring is 1. The van der Waals surface area contributed by atoms with Gasteiger partial charge in [0.25, 0.3) is 5.91 Å². The Kier molecular flexibility index (Phi) is 3.71. The number of anilines is 2. The molecule has 0 spiro atoms. The van der Waals surface area contributed by atoms with E-state index in [1.807, 2.05) is 0 Å². The SMILES string of the molecule is Cc1cccc(C(=O)Nc2ccc(Cl)cc2F)c1N. The van der Waals surface area contributed by atoms with Gasteiger partial charge in [-0.1, -0.05) is 23.7 Å². The van der Waals surface area contributed by atoms with Gasteiger partial charge in [-0.3, -0.25) is 4.79 Å². The van der Waals surface area contributed by atoms with Crippen LogP contribution in [-0.4, -0.2) is 5.91 Å². The quantitative estimate of drug-likeness (QED) is 0.824. The number of carbonyl (C=O) groups excluding carboxylic acids is 1. The standard InChI is InChI=1S/C14H12ClFN2O/c1-8-3-2-4-10(13(8)17)14(19)18-12-6-5-9(15)7-11(12)16/h2-7H,17H2,1H3,(H,18,19). The van der Waals surface area contributed by atoms with Crippen LogP contribution < -0.4 is 11.1 Å². The van der Waals surface area contributed by atoms with Gasteiger partial charge in [-0.2, -0.15) is 0 Å². The molecule has 0 aliphatic rings. The molecule has 0 fully saturated rings. The average Bonchev–Trinajstić information content (AvgIpc) is 2.36. The van der Waals surface area contributed by atoms with E-state index in [1.165, 1.54) is 12.1 Å². The number of amides is 1. The van der Waals surface area contributed by atoms with E-state index in [0.29, 0.717) is 11.3 Å². The summed E-state index contributed by atoms with van der Waals surface area (Å²) in [6, 6.07) is 9.15. The molecule has 5 heteroatoms. The van der Waals surface area contributed by atoms with Crippen molar-refractivity contribution >= 4 is 28.9 Å². The molecule has 0 atom stereocenters. The van der Waals surface area contributed by atoms with Crippen LogP contribution in [0.1, 0.15) is 15.9 Å². The Morgan fingerprint density at radius 1 is 1.32 bits per heavy atom. The monoisotopic (exact) mass is 278 g/mol. The second-order valence-electron chi connectivity index (χ2n) is 4.11. The number of hydrogen-bond donors (Lipinski definition) is 2. The van der Waals surface area contributed by atoms with Crippen LogP contribution >= 0.6 is 11.6 Å². The number of hydrogen-bond acceptors (Lipinski definition) is 2. The van der Waals surface area contributed by atoms with Crippen molar-refractivity contribution in [3.05, 3.63) is 58.4 Å². The highest BCUT2D eigenvalue weighted by atomic mass is 35.5. The van der Waals surface area contributed by atoms with E-state index in [-0.39, 0.29) is 10.7 Å². The van der Waals surface area contributed by atoms with E-state index in [4.69, 9.17) is 17.3 Å². The van der Waals surface area contributed by atoms with Gasteiger partial charge in [0.05, 0.1) is 11.3 Å². The van der Waals surface area contributed by atoms with Gasteiger partial charge in [0.15, 0.2) is 0 Å². The first-order valence-electron chi connectivity index (χ1n) is 5.60. The summed E-state index contributed by atoms with van der Waals surface area (Å²) in [5.74, 6) is -1.05. The Morgan fingerprint density at radius 3 is 2.74 bits per heavy atom. The van der Waals surface area contributed by atoms with Gasteiger partial charge in [0.2, 0.25) is 0 Å². The molecule has 98 valence electrons. The van der Waals surface area contributed by atoms with Gasteiger partial charge in [-0.25, -0.2) is 4.39 Å². The maximum atomic E-state index is 13.6. The number of carbonyl (C=O) groups is 1. The van der Waals surface area contributed by atoms with E-state index in [2.05, 4.69) is 5.32 Å². The number of halogens is 2. The molecule has 2 rings (SSSR count). The maximum absolute atomic E-state index is 13.6. The van der Waals surface area contributed by atoms with Crippen LogP contribution in [0.3, 0.4) is 0 Å². The van der Waals surface area contributed by atoms with E-state index >= 15 is 0 Å². The van der Waals surface area contributed by atoms with Crippen molar-refractivity contribution in [2.24, 2.45) is 0 Å². The van der Waals surface area contributed by atoms with Crippen molar-refractivity contribution in [2.75, 3.05) is 11.1 Å². The molecule has 0 aromatic heterocycles. The van der Waals surface area contributed by atoms with Crippen LogP contribution in [-0.2, 0) is 0 Å². The molecular weight excluding hydrogens is 267 g/mol. The Hall–Kier alpha value is -2.07. The Balaban J connectivity index is 2.28. The molecule has 0 unspecified atom stereocenters. The number of para-hydroxylation sites is 1. The number of rotatable bonds is 2. The predicted octanol–water partition coefficient (Wildman–Crippen LogP) is 3.62. The molecule has 2 aromatic carbocycles. The minimum atomic E-state index is -0.591. The lowest BCUT2D eigenvalue weighted by Gasteiger charge is -2.10. The third-order valence-electron chi connectivity index (χ3n) is 2.75. The zero-order chi connectivity index (χ0) is 14.0. The minimum Gasteiger partial charge on any atom is -0.398 e. The van der Waals surface area contributed by atoms with E-state index in [0.717, 1.165) is 11.6 Å². The van der Waals surface area contributed by atoms with Crippen LogP contribution in [0.15, 0.2) is 36.4 Å². The molecule has 3 N–H and O–H groups in total. The molecule has 3 nitrogen and oxygen atoms in total. The second kappa shape index (κ2) is 5.28. The Bertz CT molecular complexity index is 643. The van der Waals surface area contributed by atoms with Crippen LogP contribution in [0.4, 0.5) is 15.8 Å². The highest BCUT2D eigenvalue weighted by Gasteiger charge is 2.13. The highest BCUT2D eigenvalue weighted by Crippen LogP contribution is 2.22. The van der Waals surface area contributed by atoms with Crippen LogP contribution in [0.2, 0.25) is 5.02 Å². The lowest BCUT2D eigenvalue weighted by molar-refractivity contribution is 0.102. The maximum Gasteiger partial charge on any atom is 0.257 e. The van der Waals surface area contributed by atoms with Gasteiger partial charge in [-0.15, -0.1) is 0 Å². The number of benzene rings is 2.